The third kappa shape index (κ3) is 6.15. The van der Waals surface area contributed by atoms with E-state index in [1.165, 1.54) is 71.0 Å². The molecule has 0 bridgehead atoms. The van der Waals surface area contributed by atoms with Crippen molar-refractivity contribution in [2.45, 2.75) is 58.3 Å². The van der Waals surface area contributed by atoms with Gasteiger partial charge in [-0.1, -0.05) is 19.8 Å². The first-order chi connectivity index (χ1) is 10.8. The summed E-state index contributed by atoms with van der Waals surface area (Å²) in [6.45, 7) is 9.72. The second kappa shape index (κ2) is 10.1. The molecule has 0 aliphatic carbocycles. The molecule has 1 N–H and O–H groups in total. The molecule has 2 heterocycles. The summed E-state index contributed by atoms with van der Waals surface area (Å²) in [6, 6.07) is 0. The standard InChI is InChI=1S/C18H36N4/c1-17-9-15-22(16-10-17)18(19-2)20-11-5-3-6-12-21-13-7-4-8-14-21/h17H,3-16H2,1-2H3,(H,19,20). The lowest BCUT2D eigenvalue weighted by Crippen LogP contribution is -2.45. The van der Waals surface area contributed by atoms with Crippen molar-refractivity contribution in [2.24, 2.45) is 10.9 Å². The number of likely N-dealkylation sites (tertiary alicyclic amines) is 2. The Kier molecular flexibility index (Phi) is 8.06. The Hall–Kier alpha value is -0.770. The van der Waals surface area contributed by atoms with Gasteiger partial charge < -0.3 is 15.1 Å². The van der Waals surface area contributed by atoms with Crippen LogP contribution in [0.15, 0.2) is 4.99 Å². The van der Waals surface area contributed by atoms with Gasteiger partial charge in [-0.3, -0.25) is 4.99 Å². The Balaban J connectivity index is 1.51. The van der Waals surface area contributed by atoms with Gasteiger partial charge in [-0.15, -0.1) is 0 Å². The van der Waals surface area contributed by atoms with Crippen molar-refractivity contribution < 1.29 is 0 Å². The minimum atomic E-state index is 0.879. The van der Waals surface area contributed by atoms with Crippen LogP contribution < -0.4 is 5.32 Å². The first-order valence-electron chi connectivity index (χ1n) is 9.47. The Labute approximate surface area is 137 Å². The third-order valence-electron chi connectivity index (χ3n) is 5.18. The van der Waals surface area contributed by atoms with E-state index in [0.717, 1.165) is 31.5 Å². The predicted molar refractivity (Wildman–Crippen MR) is 95.5 cm³/mol. The summed E-state index contributed by atoms with van der Waals surface area (Å²) >= 11 is 0. The minimum absolute atomic E-state index is 0.879. The number of piperidine rings is 2. The molecule has 2 fully saturated rings. The highest BCUT2D eigenvalue weighted by atomic mass is 15.3. The Morgan fingerprint density at radius 3 is 2.41 bits per heavy atom. The van der Waals surface area contributed by atoms with Crippen LogP contribution in [0, 0.1) is 5.92 Å². The third-order valence-corrected chi connectivity index (χ3v) is 5.18. The highest BCUT2D eigenvalue weighted by Gasteiger charge is 2.18. The molecule has 0 aromatic heterocycles. The normalized spacial score (nSPS) is 22.1. The molecule has 2 aliphatic heterocycles. The molecular weight excluding hydrogens is 272 g/mol. The summed E-state index contributed by atoms with van der Waals surface area (Å²) in [7, 11) is 1.91. The Morgan fingerprint density at radius 1 is 1.00 bits per heavy atom. The van der Waals surface area contributed by atoms with Gasteiger partial charge in [-0.05, 0) is 64.1 Å². The topological polar surface area (TPSA) is 30.9 Å². The molecule has 22 heavy (non-hydrogen) atoms. The van der Waals surface area contributed by atoms with E-state index in [4.69, 9.17) is 0 Å². The van der Waals surface area contributed by atoms with Crippen molar-refractivity contribution in [3.63, 3.8) is 0 Å². The average molecular weight is 309 g/mol. The molecule has 0 aromatic rings. The summed E-state index contributed by atoms with van der Waals surface area (Å²) in [5, 5.41) is 3.55. The molecular formula is C18H36N4. The fourth-order valence-electron chi connectivity index (χ4n) is 3.57. The van der Waals surface area contributed by atoms with Crippen LogP contribution in [-0.2, 0) is 0 Å². The van der Waals surface area contributed by atoms with Crippen LogP contribution in [0.1, 0.15) is 58.3 Å². The first-order valence-corrected chi connectivity index (χ1v) is 9.47. The summed E-state index contributed by atoms with van der Waals surface area (Å²) in [4.78, 5) is 9.52. The van der Waals surface area contributed by atoms with Crippen molar-refractivity contribution in [3.8, 4) is 0 Å². The molecule has 0 saturated carbocycles. The van der Waals surface area contributed by atoms with Crippen LogP contribution in [0.2, 0.25) is 0 Å². The maximum Gasteiger partial charge on any atom is 0.193 e. The van der Waals surface area contributed by atoms with Crippen LogP contribution in [0.5, 0.6) is 0 Å². The van der Waals surface area contributed by atoms with Gasteiger partial charge in [-0.2, -0.15) is 0 Å². The molecule has 0 atom stereocenters. The smallest absolute Gasteiger partial charge is 0.193 e. The highest BCUT2D eigenvalue weighted by Crippen LogP contribution is 2.15. The molecule has 0 unspecified atom stereocenters. The van der Waals surface area contributed by atoms with Crippen LogP contribution in [0.4, 0.5) is 0 Å². The fraction of sp³-hybridized carbons (Fsp3) is 0.944. The highest BCUT2D eigenvalue weighted by molar-refractivity contribution is 5.79. The van der Waals surface area contributed by atoms with Crippen LogP contribution in [0.3, 0.4) is 0 Å². The van der Waals surface area contributed by atoms with E-state index in [-0.39, 0.29) is 0 Å². The second-order valence-corrected chi connectivity index (χ2v) is 7.11. The van der Waals surface area contributed by atoms with Crippen molar-refractivity contribution in [3.05, 3.63) is 0 Å². The zero-order valence-electron chi connectivity index (χ0n) is 14.8. The van der Waals surface area contributed by atoms with E-state index in [1.807, 2.05) is 7.05 Å². The number of hydrogen-bond acceptors (Lipinski definition) is 2. The molecule has 0 amide bonds. The molecule has 0 spiro atoms. The van der Waals surface area contributed by atoms with E-state index in [2.05, 4.69) is 27.0 Å². The molecule has 128 valence electrons. The first kappa shape index (κ1) is 17.6. The molecule has 4 heteroatoms. The predicted octanol–water partition coefficient (Wildman–Crippen LogP) is 2.95. The maximum atomic E-state index is 4.45. The molecule has 0 aromatic carbocycles. The molecule has 4 nitrogen and oxygen atoms in total. The lowest BCUT2D eigenvalue weighted by molar-refractivity contribution is 0.224. The zero-order valence-corrected chi connectivity index (χ0v) is 14.8. The van der Waals surface area contributed by atoms with E-state index in [0.29, 0.717) is 0 Å². The monoisotopic (exact) mass is 308 g/mol. The van der Waals surface area contributed by atoms with Crippen molar-refractivity contribution in [1.29, 1.82) is 0 Å². The summed E-state index contributed by atoms with van der Waals surface area (Å²) in [5.74, 6) is 1.99. The van der Waals surface area contributed by atoms with Crippen molar-refractivity contribution >= 4 is 5.96 Å². The number of guanidine groups is 1. The lowest BCUT2D eigenvalue weighted by atomic mass is 10.00. The molecule has 2 saturated heterocycles. The quantitative estimate of drug-likeness (QED) is 0.465. The van der Waals surface area contributed by atoms with Crippen molar-refractivity contribution in [2.75, 3.05) is 46.3 Å². The maximum absolute atomic E-state index is 4.45. The number of rotatable bonds is 6. The van der Waals surface area contributed by atoms with Gasteiger partial charge in [0.05, 0.1) is 0 Å². The number of nitrogens with one attached hydrogen (secondary N) is 1. The van der Waals surface area contributed by atoms with E-state index < -0.39 is 0 Å². The average Bonchev–Trinajstić information content (AvgIpc) is 2.56. The van der Waals surface area contributed by atoms with Crippen LogP contribution in [0.25, 0.3) is 0 Å². The largest absolute Gasteiger partial charge is 0.356 e. The van der Waals surface area contributed by atoms with E-state index in [9.17, 15) is 0 Å². The summed E-state index contributed by atoms with van der Waals surface area (Å²) < 4.78 is 0. The molecule has 0 radical (unpaired) electrons. The van der Waals surface area contributed by atoms with E-state index in [1.54, 1.807) is 0 Å². The fourth-order valence-corrected chi connectivity index (χ4v) is 3.57. The van der Waals surface area contributed by atoms with Gasteiger partial charge in [0.15, 0.2) is 5.96 Å². The van der Waals surface area contributed by atoms with Gasteiger partial charge >= 0.3 is 0 Å². The Morgan fingerprint density at radius 2 is 1.73 bits per heavy atom. The molecule has 2 rings (SSSR count). The van der Waals surface area contributed by atoms with Crippen LogP contribution in [-0.4, -0.2) is 62.1 Å². The van der Waals surface area contributed by atoms with Crippen molar-refractivity contribution in [1.82, 2.24) is 15.1 Å². The Bertz CT molecular complexity index is 315. The summed E-state index contributed by atoms with van der Waals surface area (Å²) in [6.07, 6.45) is 10.8. The number of nitrogens with zero attached hydrogens (tertiary/aromatic N) is 3. The van der Waals surface area contributed by atoms with Crippen LogP contribution >= 0.6 is 0 Å². The lowest BCUT2D eigenvalue weighted by Gasteiger charge is -2.33. The second-order valence-electron chi connectivity index (χ2n) is 7.11. The zero-order chi connectivity index (χ0) is 15.6. The van der Waals surface area contributed by atoms with Gasteiger partial charge in [0.2, 0.25) is 0 Å². The number of hydrogen-bond donors (Lipinski definition) is 1. The van der Waals surface area contributed by atoms with E-state index >= 15 is 0 Å². The minimum Gasteiger partial charge on any atom is -0.356 e. The van der Waals surface area contributed by atoms with Gasteiger partial charge in [0, 0.05) is 26.7 Å². The number of aliphatic imine (C=N–C) groups is 1. The van der Waals surface area contributed by atoms with Gasteiger partial charge in [-0.25, -0.2) is 0 Å². The SMILES string of the molecule is CN=C(NCCCCCN1CCCCC1)N1CCC(C)CC1. The molecule has 2 aliphatic rings. The summed E-state index contributed by atoms with van der Waals surface area (Å²) in [5.41, 5.74) is 0. The van der Waals surface area contributed by atoms with Gasteiger partial charge in [0.25, 0.3) is 0 Å². The van der Waals surface area contributed by atoms with Gasteiger partial charge in [0.1, 0.15) is 0 Å². The number of unbranched alkanes of at least 4 members (excludes halogenated alkanes) is 2.